The molecule has 9 heteroatoms. The van der Waals surface area contributed by atoms with Gasteiger partial charge in [-0.15, -0.1) is 0 Å². The molecule has 1 atom stereocenters. The molecule has 208 valence electrons. The lowest BCUT2D eigenvalue weighted by atomic mass is 10.0. The summed E-state index contributed by atoms with van der Waals surface area (Å²) in [6.45, 7) is 8.24. The number of nitrogens with zero attached hydrogens (tertiary/aromatic N) is 1. The summed E-state index contributed by atoms with van der Waals surface area (Å²) in [7, 11) is 1.39. The first-order valence-corrected chi connectivity index (χ1v) is 12.8. The van der Waals surface area contributed by atoms with Gasteiger partial charge in [0.25, 0.3) is 5.91 Å². The first-order valence-electron chi connectivity index (χ1n) is 12.8. The molecule has 0 unspecified atom stereocenters. The minimum absolute atomic E-state index is 0.0153. The Bertz CT molecular complexity index is 1300. The zero-order chi connectivity index (χ0) is 28.5. The van der Waals surface area contributed by atoms with Crippen molar-refractivity contribution in [2.45, 2.75) is 46.9 Å². The minimum atomic E-state index is -0.725. The SMILES string of the molecule is COc1ccc(CNC(=O)c2cc(-c3ncccc3COC(=O)[C@H](N)C(C)C)ccc2OCC(C)C)cc1F. The van der Waals surface area contributed by atoms with Crippen LogP contribution in [0.4, 0.5) is 4.39 Å². The molecule has 2 aromatic carbocycles. The van der Waals surface area contributed by atoms with E-state index in [1.807, 2.05) is 27.7 Å². The van der Waals surface area contributed by atoms with Crippen LogP contribution in [-0.4, -0.2) is 36.6 Å². The number of aromatic nitrogens is 1. The molecule has 3 N–H and O–H groups in total. The second-order valence-corrected chi connectivity index (χ2v) is 9.96. The van der Waals surface area contributed by atoms with Crippen molar-refractivity contribution in [3.8, 4) is 22.8 Å². The first-order chi connectivity index (χ1) is 18.6. The summed E-state index contributed by atoms with van der Waals surface area (Å²) >= 11 is 0. The fraction of sp³-hybridized carbons (Fsp3) is 0.367. The van der Waals surface area contributed by atoms with Crippen LogP contribution in [0.1, 0.15) is 49.2 Å². The van der Waals surface area contributed by atoms with E-state index in [2.05, 4.69) is 10.3 Å². The lowest BCUT2D eigenvalue weighted by Crippen LogP contribution is -2.36. The van der Waals surface area contributed by atoms with Gasteiger partial charge in [-0.25, -0.2) is 4.39 Å². The number of esters is 1. The quantitative estimate of drug-likeness (QED) is 0.316. The summed E-state index contributed by atoms with van der Waals surface area (Å²) in [4.78, 5) is 30.1. The predicted molar refractivity (Wildman–Crippen MR) is 147 cm³/mol. The number of nitrogens with one attached hydrogen (secondary N) is 1. The van der Waals surface area contributed by atoms with Crippen LogP contribution in [0.3, 0.4) is 0 Å². The van der Waals surface area contributed by atoms with E-state index >= 15 is 0 Å². The number of hydrogen-bond acceptors (Lipinski definition) is 7. The fourth-order valence-electron chi connectivity index (χ4n) is 3.67. The van der Waals surface area contributed by atoms with Gasteiger partial charge < -0.3 is 25.3 Å². The smallest absolute Gasteiger partial charge is 0.323 e. The molecule has 0 spiro atoms. The zero-order valence-corrected chi connectivity index (χ0v) is 23.0. The van der Waals surface area contributed by atoms with Crippen molar-refractivity contribution in [2.24, 2.45) is 17.6 Å². The topological polar surface area (TPSA) is 113 Å². The molecule has 1 amide bonds. The Morgan fingerprint density at radius 3 is 2.46 bits per heavy atom. The van der Waals surface area contributed by atoms with Crippen LogP contribution in [-0.2, 0) is 22.7 Å². The molecule has 0 radical (unpaired) electrons. The maximum Gasteiger partial charge on any atom is 0.323 e. The van der Waals surface area contributed by atoms with Crippen molar-refractivity contribution in [1.29, 1.82) is 0 Å². The molecule has 0 saturated carbocycles. The summed E-state index contributed by atoms with van der Waals surface area (Å²) in [5.41, 5.74) is 8.66. The van der Waals surface area contributed by atoms with E-state index in [1.54, 1.807) is 42.6 Å². The molecule has 0 aliphatic carbocycles. The van der Waals surface area contributed by atoms with Crippen LogP contribution < -0.4 is 20.5 Å². The number of benzene rings is 2. The highest BCUT2D eigenvalue weighted by Gasteiger charge is 2.21. The van der Waals surface area contributed by atoms with Gasteiger partial charge in [-0.05, 0) is 53.8 Å². The number of methoxy groups -OCH3 is 1. The van der Waals surface area contributed by atoms with Crippen molar-refractivity contribution in [2.75, 3.05) is 13.7 Å². The van der Waals surface area contributed by atoms with Crippen LogP contribution in [0, 0.1) is 17.7 Å². The minimum Gasteiger partial charge on any atom is -0.494 e. The van der Waals surface area contributed by atoms with E-state index in [0.29, 0.717) is 40.3 Å². The van der Waals surface area contributed by atoms with E-state index in [9.17, 15) is 14.0 Å². The number of pyridine rings is 1. The van der Waals surface area contributed by atoms with Crippen molar-refractivity contribution in [3.05, 3.63) is 77.2 Å². The maximum atomic E-state index is 14.1. The number of ether oxygens (including phenoxy) is 3. The number of rotatable bonds is 12. The van der Waals surface area contributed by atoms with Crippen LogP contribution in [0.15, 0.2) is 54.7 Å². The second-order valence-electron chi connectivity index (χ2n) is 9.96. The lowest BCUT2D eigenvalue weighted by Gasteiger charge is -2.17. The third kappa shape index (κ3) is 8.00. The second kappa shape index (κ2) is 13.7. The fourth-order valence-corrected chi connectivity index (χ4v) is 3.67. The Hall–Kier alpha value is -3.98. The molecule has 0 aliphatic heterocycles. The molecule has 39 heavy (non-hydrogen) atoms. The average molecular weight is 538 g/mol. The summed E-state index contributed by atoms with van der Waals surface area (Å²) < 4.78 is 30.4. The molecular formula is C30H36FN3O5. The molecular weight excluding hydrogens is 501 g/mol. The monoisotopic (exact) mass is 537 g/mol. The molecule has 3 rings (SSSR count). The van der Waals surface area contributed by atoms with Gasteiger partial charge in [0.1, 0.15) is 18.4 Å². The Morgan fingerprint density at radius 1 is 1.05 bits per heavy atom. The van der Waals surface area contributed by atoms with Gasteiger partial charge in [-0.2, -0.15) is 0 Å². The summed E-state index contributed by atoms with van der Waals surface area (Å²) in [5.74, 6) is -0.657. The highest BCUT2D eigenvalue weighted by molar-refractivity contribution is 5.98. The van der Waals surface area contributed by atoms with Gasteiger partial charge in [0.2, 0.25) is 0 Å². The zero-order valence-electron chi connectivity index (χ0n) is 23.0. The third-order valence-electron chi connectivity index (χ3n) is 5.99. The number of amides is 1. The van der Waals surface area contributed by atoms with E-state index in [4.69, 9.17) is 19.9 Å². The van der Waals surface area contributed by atoms with E-state index < -0.39 is 23.7 Å². The molecule has 0 saturated heterocycles. The van der Waals surface area contributed by atoms with Crippen LogP contribution >= 0.6 is 0 Å². The van der Waals surface area contributed by atoms with Gasteiger partial charge in [0.15, 0.2) is 11.6 Å². The highest BCUT2D eigenvalue weighted by atomic mass is 19.1. The summed E-state index contributed by atoms with van der Waals surface area (Å²) in [6, 6.07) is 12.5. The van der Waals surface area contributed by atoms with Gasteiger partial charge in [0.05, 0.1) is 25.0 Å². The van der Waals surface area contributed by atoms with Gasteiger partial charge in [-0.3, -0.25) is 14.6 Å². The lowest BCUT2D eigenvalue weighted by molar-refractivity contribution is -0.147. The number of nitrogens with two attached hydrogens (primary N) is 1. The van der Waals surface area contributed by atoms with Crippen LogP contribution in [0.2, 0.25) is 0 Å². The normalized spacial score (nSPS) is 11.8. The largest absolute Gasteiger partial charge is 0.494 e. The van der Waals surface area contributed by atoms with E-state index in [-0.39, 0.29) is 30.7 Å². The van der Waals surface area contributed by atoms with Crippen molar-refractivity contribution in [1.82, 2.24) is 10.3 Å². The molecule has 0 aliphatic rings. The Balaban J connectivity index is 1.87. The third-order valence-corrected chi connectivity index (χ3v) is 5.99. The van der Waals surface area contributed by atoms with Crippen molar-refractivity contribution >= 4 is 11.9 Å². The predicted octanol–water partition coefficient (Wildman–Crippen LogP) is 4.89. The van der Waals surface area contributed by atoms with Gasteiger partial charge in [0, 0.05) is 23.9 Å². The van der Waals surface area contributed by atoms with Gasteiger partial charge in [-0.1, -0.05) is 39.8 Å². The molecule has 1 aromatic heterocycles. The number of halogens is 1. The maximum absolute atomic E-state index is 14.1. The van der Waals surface area contributed by atoms with Crippen LogP contribution in [0.5, 0.6) is 11.5 Å². The Kier molecular flexibility index (Phi) is 10.4. The standard InChI is InChI=1S/C30H36FN3O5/c1-18(2)16-38-25-11-9-21(28-22(7-6-12-33-28)17-39-30(36)27(32)19(3)4)14-23(25)29(35)34-15-20-8-10-26(37-5)24(31)13-20/h6-14,18-19,27H,15-17,32H2,1-5H3,(H,34,35)/t27-/m1/s1. The molecule has 3 aromatic rings. The van der Waals surface area contributed by atoms with E-state index in [0.717, 1.165) is 0 Å². The number of carbonyl (C=O) groups is 2. The molecule has 8 nitrogen and oxygen atoms in total. The Morgan fingerprint density at radius 2 is 1.79 bits per heavy atom. The van der Waals surface area contributed by atoms with Crippen molar-refractivity contribution < 1.29 is 28.2 Å². The molecule has 0 fully saturated rings. The Labute approximate surface area is 228 Å². The highest BCUT2D eigenvalue weighted by Crippen LogP contribution is 2.29. The van der Waals surface area contributed by atoms with Crippen molar-refractivity contribution in [3.63, 3.8) is 0 Å². The number of carbonyl (C=O) groups excluding carboxylic acids is 2. The summed E-state index contributed by atoms with van der Waals surface area (Å²) in [6.07, 6.45) is 1.63. The summed E-state index contributed by atoms with van der Waals surface area (Å²) in [5, 5.41) is 2.83. The molecule has 0 bridgehead atoms. The average Bonchev–Trinajstić information content (AvgIpc) is 2.93. The number of hydrogen-bond donors (Lipinski definition) is 2. The molecule has 1 heterocycles. The van der Waals surface area contributed by atoms with Gasteiger partial charge >= 0.3 is 5.97 Å². The van der Waals surface area contributed by atoms with Crippen LogP contribution in [0.25, 0.3) is 11.3 Å². The van der Waals surface area contributed by atoms with E-state index in [1.165, 1.54) is 19.2 Å². The first kappa shape index (κ1) is 29.6.